The van der Waals surface area contributed by atoms with Crippen LogP contribution in [0, 0.1) is 28.9 Å². The number of aryl methyl sites for hydroxylation is 1. The van der Waals surface area contributed by atoms with Gasteiger partial charge in [-0.05, 0) is 31.0 Å². The summed E-state index contributed by atoms with van der Waals surface area (Å²) in [4.78, 5) is 14.1. The van der Waals surface area contributed by atoms with Gasteiger partial charge < -0.3 is 5.11 Å². The lowest BCUT2D eigenvalue weighted by molar-refractivity contribution is -0.385. The van der Waals surface area contributed by atoms with E-state index in [2.05, 4.69) is 16.8 Å². The summed E-state index contributed by atoms with van der Waals surface area (Å²) in [6.07, 6.45) is 0. The molecule has 0 unspecified atom stereocenters. The van der Waals surface area contributed by atoms with Gasteiger partial charge in [-0.1, -0.05) is 12.0 Å². The molecule has 0 aliphatic carbocycles. The molecule has 2 aromatic rings. The fraction of sp³-hybridized carbons (Fsp3) is 0.0714. The molecule has 1 heterocycles. The second-order valence-electron chi connectivity index (χ2n) is 3.87. The maximum Gasteiger partial charge on any atom is 0.310 e. The molecule has 1 aromatic carbocycles. The van der Waals surface area contributed by atoms with E-state index in [1.54, 1.807) is 6.07 Å². The lowest BCUT2D eigenvalue weighted by Crippen LogP contribution is -1.89. The maximum atomic E-state index is 10.5. The average molecular weight is 254 g/mol. The number of hydrogen-bond donors (Lipinski definition) is 1. The highest BCUT2D eigenvalue weighted by Gasteiger charge is 2.11. The highest BCUT2D eigenvalue weighted by atomic mass is 16.6. The Hall–Kier alpha value is -2.87. The van der Waals surface area contributed by atoms with Crippen LogP contribution in [0.4, 0.5) is 5.69 Å². The van der Waals surface area contributed by atoms with Gasteiger partial charge in [0.25, 0.3) is 0 Å². The Morgan fingerprint density at radius 3 is 2.68 bits per heavy atom. The normalized spacial score (nSPS) is 9.53. The fourth-order valence-corrected chi connectivity index (χ4v) is 1.50. The molecule has 0 aliphatic rings. The molecule has 94 valence electrons. The zero-order chi connectivity index (χ0) is 13.8. The zero-order valence-electron chi connectivity index (χ0n) is 10.1. The summed E-state index contributed by atoms with van der Waals surface area (Å²) >= 11 is 0. The Kier molecular flexibility index (Phi) is 3.44. The standard InChI is InChI=1S/C14H10N2O3/c1-10-3-2-4-12(15-10)7-5-11-6-8-13(16(18)19)14(17)9-11/h2-4,6,8-9,17H,1H3. The molecule has 0 atom stereocenters. The molecule has 5 nitrogen and oxygen atoms in total. The van der Waals surface area contributed by atoms with E-state index in [0.717, 1.165) is 5.69 Å². The molecule has 19 heavy (non-hydrogen) atoms. The molecule has 1 aromatic heterocycles. The van der Waals surface area contributed by atoms with Crippen LogP contribution in [0.3, 0.4) is 0 Å². The minimum Gasteiger partial charge on any atom is -0.502 e. The summed E-state index contributed by atoms with van der Waals surface area (Å²) in [5, 5.41) is 20.0. The van der Waals surface area contributed by atoms with Crippen molar-refractivity contribution >= 4 is 5.69 Å². The first kappa shape index (κ1) is 12.6. The topological polar surface area (TPSA) is 76.3 Å². The van der Waals surface area contributed by atoms with Crippen LogP contribution in [0.2, 0.25) is 0 Å². The van der Waals surface area contributed by atoms with E-state index in [-0.39, 0.29) is 5.69 Å². The third-order valence-electron chi connectivity index (χ3n) is 2.40. The van der Waals surface area contributed by atoms with Gasteiger partial charge in [0, 0.05) is 23.4 Å². The number of rotatable bonds is 1. The minimum absolute atomic E-state index is 0.334. The van der Waals surface area contributed by atoms with Crippen molar-refractivity contribution in [3.63, 3.8) is 0 Å². The van der Waals surface area contributed by atoms with E-state index >= 15 is 0 Å². The molecule has 0 saturated heterocycles. The van der Waals surface area contributed by atoms with E-state index in [1.807, 2.05) is 19.1 Å². The number of aromatic hydroxyl groups is 1. The Bertz CT molecular complexity index is 699. The van der Waals surface area contributed by atoms with Gasteiger partial charge in [0.1, 0.15) is 5.69 Å². The molecular weight excluding hydrogens is 244 g/mol. The predicted molar refractivity (Wildman–Crippen MR) is 69.7 cm³/mol. The first-order valence-electron chi connectivity index (χ1n) is 5.49. The van der Waals surface area contributed by atoms with E-state index in [0.29, 0.717) is 11.3 Å². The molecule has 2 rings (SSSR count). The highest BCUT2D eigenvalue weighted by molar-refractivity contribution is 5.52. The fourth-order valence-electron chi connectivity index (χ4n) is 1.50. The molecule has 5 heteroatoms. The monoisotopic (exact) mass is 254 g/mol. The number of nitro groups is 1. The molecule has 0 fully saturated rings. The van der Waals surface area contributed by atoms with Gasteiger partial charge in [0.15, 0.2) is 5.75 Å². The number of phenolic OH excluding ortho intramolecular Hbond substituents is 1. The number of pyridine rings is 1. The number of benzene rings is 1. The van der Waals surface area contributed by atoms with Crippen LogP contribution in [-0.4, -0.2) is 15.0 Å². The molecule has 0 saturated carbocycles. The number of aromatic nitrogens is 1. The summed E-state index contributed by atoms with van der Waals surface area (Å²) in [7, 11) is 0. The van der Waals surface area contributed by atoms with E-state index in [1.165, 1.54) is 18.2 Å². The third-order valence-corrected chi connectivity index (χ3v) is 2.40. The SMILES string of the molecule is Cc1cccc(C#Cc2ccc([N+](=O)[O-])c(O)c2)n1. The van der Waals surface area contributed by atoms with Gasteiger partial charge in [0.2, 0.25) is 0 Å². The molecule has 0 bridgehead atoms. The van der Waals surface area contributed by atoms with Crippen LogP contribution in [0.1, 0.15) is 17.0 Å². The molecule has 0 radical (unpaired) electrons. The van der Waals surface area contributed by atoms with Crippen LogP contribution in [-0.2, 0) is 0 Å². The van der Waals surface area contributed by atoms with Crippen molar-refractivity contribution in [3.05, 3.63) is 63.5 Å². The van der Waals surface area contributed by atoms with Gasteiger partial charge in [-0.15, -0.1) is 0 Å². The van der Waals surface area contributed by atoms with Crippen molar-refractivity contribution in [2.45, 2.75) is 6.92 Å². The highest BCUT2D eigenvalue weighted by Crippen LogP contribution is 2.25. The van der Waals surface area contributed by atoms with Crippen LogP contribution in [0.5, 0.6) is 5.75 Å². The summed E-state index contributed by atoms with van der Waals surface area (Å²) in [5.74, 6) is 5.24. The number of phenols is 1. The quantitative estimate of drug-likeness (QED) is 0.481. The van der Waals surface area contributed by atoms with Gasteiger partial charge in [-0.2, -0.15) is 0 Å². The molecule has 0 spiro atoms. The molecule has 0 aliphatic heterocycles. The third kappa shape index (κ3) is 3.07. The van der Waals surface area contributed by atoms with Gasteiger partial charge >= 0.3 is 5.69 Å². The van der Waals surface area contributed by atoms with E-state index < -0.39 is 10.7 Å². The lowest BCUT2D eigenvalue weighted by Gasteiger charge is -1.96. The van der Waals surface area contributed by atoms with Gasteiger partial charge in [-0.3, -0.25) is 10.1 Å². The second kappa shape index (κ2) is 5.19. The summed E-state index contributed by atoms with van der Waals surface area (Å²) in [6.45, 7) is 1.86. The predicted octanol–water partition coefficient (Wildman–Crippen LogP) is 2.40. The number of nitrogens with zero attached hydrogens (tertiary/aromatic N) is 2. The van der Waals surface area contributed by atoms with Crippen molar-refractivity contribution < 1.29 is 10.0 Å². The summed E-state index contributed by atoms with van der Waals surface area (Å²) in [5.41, 5.74) is 1.63. The molecular formula is C14H10N2O3. The Morgan fingerprint density at radius 1 is 1.26 bits per heavy atom. The van der Waals surface area contributed by atoms with Crippen molar-refractivity contribution in [1.82, 2.24) is 4.98 Å². The van der Waals surface area contributed by atoms with Crippen LogP contribution in [0.15, 0.2) is 36.4 Å². The Balaban J connectivity index is 2.30. The van der Waals surface area contributed by atoms with Gasteiger partial charge in [-0.25, -0.2) is 4.98 Å². The lowest BCUT2D eigenvalue weighted by atomic mass is 10.2. The first-order valence-corrected chi connectivity index (χ1v) is 5.49. The maximum absolute atomic E-state index is 10.5. The van der Waals surface area contributed by atoms with E-state index in [9.17, 15) is 15.2 Å². The van der Waals surface area contributed by atoms with Crippen molar-refractivity contribution in [2.24, 2.45) is 0 Å². The number of hydrogen-bond acceptors (Lipinski definition) is 4. The van der Waals surface area contributed by atoms with Gasteiger partial charge in [0.05, 0.1) is 4.92 Å². The smallest absolute Gasteiger partial charge is 0.310 e. The van der Waals surface area contributed by atoms with Crippen molar-refractivity contribution in [1.29, 1.82) is 0 Å². The molecule has 0 amide bonds. The van der Waals surface area contributed by atoms with Crippen molar-refractivity contribution in [3.8, 4) is 17.6 Å². The van der Waals surface area contributed by atoms with Crippen molar-refractivity contribution in [2.75, 3.05) is 0 Å². The summed E-state index contributed by atoms with van der Waals surface area (Å²) in [6, 6.07) is 9.46. The number of nitro benzene ring substituents is 1. The van der Waals surface area contributed by atoms with E-state index in [4.69, 9.17) is 0 Å². The average Bonchev–Trinajstić information content (AvgIpc) is 2.36. The Labute approximate surface area is 109 Å². The first-order chi connectivity index (χ1) is 9.06. The minimum atomic E-state index is -0.644. The zero-order valence-corrected chi connectivity index (χ0v) is 10.1. The largest absolute Gasteiger partial charge is 0.502 e. The second-order valence-corrected chi connectivity index (χ2v) is 3.87. The summed E-state index contributed by atoms with van der Waals surface area (Å²) < 4.78 is 0. The molecule has 1 N–H and O–H groups in total. The van der Waals surface area contributed by atoms with Crippen LogP contribution < -0.4 is 0 Å². The Morgan fingerprint density at radius 2 is 2.05 bits per heavy atom. The van der Waals surface area contributed by atoms with Crippen LogP contribution >= 0.6 is 0 Å². The van der Waals surface area contributed by atoms with Crippen LogP contribution in [0.25, 0.3) is 0 Å².